The maximum Gasteiger partial charge on any atom is 0.190 e. The molecular formula is C17H11F2N7. The quantitative estimate of drug-likeness (QED) is 0.610. The van der Waals surface area contributed by atoms with Crippen molar-refractivity contribution in [1.29, 1.82) is 0 Å². The van der Waals surface area contributed by atoms with Crippen LogP contribution < -0.4 is 5.73 Å². The van der Waals surface area contributed by atoms with Gasteiger partial charge in [-0.3, -0.25) is 4.98 Å². The molecule has 26 heavy (non-hydrogen) atoms. The molecule has 0 atom stereocenters. The van der Waals surface area contributed by atoms with Gasteiger partial charge in [-0.2, -0.15) is 4.68 Å². The fraction of sp³-hybridized carbons (Fsp3) is 0. The SMILES string of the molecule is Nc1ncc(-c2cccnc2)cc1-c1nnnn1-c1cccc(F)c1F. The first-order valence-electron chi connectivity index (χ1n) is 7.54. The van der Waals surface area contributed by atoms with Crippen molar-refractivity contribution in [3.63, 3.8) is 0 Å². The summed E-state index contributed by atoms with van der Waals surface area (Å²) in [6, 6.07) is 9.12. The van der Waals surface area contributed by atoms with Crippen LogP contribution in [0.4, 0.5) is 14.6 Å². The normalized spacial score (nSPS) is 10.8. The van der Waals surface area contributed by atoms with E-state index in [1.54, 1.807) is 30.7 Å². The Labute approximate surface area is 146 Å². The lowest BCUT2D eigenvalue weighted by molar-refractivity contribution is 0.501. The van der Waals surface area contributed by atoms with Crippen molar-refractivity contribution in [3.05, 3.63) is 66.6 Å². The zero-order valence-electron chi connectivity index (χ0n) is 13.2. The van der Waals surface area contributed by atoms with Gasteiger partial charge < -0.3 is 5.73 Å². The monoisotopic (exact) mass is 351 g/mol. The molecule has 0 unspecified atom stereocenters. The average Bonchev–Trinajstić information content (AvgIpc) is 3.14. The third-order valence-electron chi connectivity index (χ3n) is 3.78. The Morgan fingerprint density at radius 1 is 1.00 bits per heavy atom. The number of nitrogens with zero attached hydrogens (tertiary/aromatic N) is 6. The van der Waals surface area contributed by atoms with Gasteiger partial charge >= 0.3 is 0 Å². The number of benzene rings is 1. The summed E-state index contributed by atoms with van der Waals surface area (Å²) >= 11 is 0. The van der Waals surface area contributed by atoms with Gasteiger partial charge in [0.25, 0.3) is 0 Å². The minimum absolute atomic E-state index is 0.129. The largest absolute Gasteiger partial charge is 0.383 e. The number of nitrogens with two attached hydrogens (primary N) is 1. The lowest BCUT2D eigenvalue weighted by atomic mass is 10.1. The smallest absolute Gasteiger partial charge is 0.190 e. The molecule has 7 nitrogen and oxygen atoms in total. The predicted molar refractivity (Wildman–Crippen MR) is 89.9 cm³/mol. The second-order valence-corrected chi connectivity index (χ2v) is 5.39. The van der Waals surface area contributed by atoms with E-state index < -0.39 is 11.6 Å². The first-order chi connectivity index (χ1) is 12.6. The lowest BCUT2D eigenvalue weighted by Gasteiger charge is -2.09. The van der Waals surface area contributed by atoms with Crippen LogP contribution in [0.1, 0.15) is 0 Å². The molecule has 0 radical (unpaired) electrons. The number of aromatic nitrogens is 6. The van der Waals surface area contributed by atoms with Gasteiger partial charge in [0.05, 0.1) is 5.56 Å². The van der Waals surface area contributed by atoms with Crippen LogP contribution in [0.25, 0.3) is 28.2 Å². The number of hydrogen-bond donors (Lipinski definition) is 1. The molecule has 0 aliphatic heterocycles. The highest BCUT2D eigenvalue weighted by Gasteiger charge is 2.19. The first kappa shape index (κ1) is 15.8. The Bertz CT molecular complexity index is 1080. The molecule has 0 amide bonds. The molecule has 2 N–H and O–H groups in total. The number of halogens is 2. The molecule has 1 aromatic carbocycles. The van der Waals surface area contributed by atoms with Gasteiger partial charge in [0.15, 0.2) is 17.5 Å². The Balaban J connectivity index is 1.88. The summed E-state index contributed by atoms with van der Waals surface area (Å²) in [6.45, 7) is 0. The molecule has 3 heterocycles. The summed E-state index contributed by atoms with van der Waals surface area (Å²) in [5, 5.41) is 11.2. The third-order valence-corrected chi connectivity index (χ3v) is 3.78. The van der Waals surface area contributed by atoms with E-state index in [0.29, 0.717) is 5.56 Å². The molecule has 0 fully saturated rings. The Hall–Kier alpha value is -3.75. The van der Waals surface area contributed by atoms with Crippen molar-refractivity contribution in [2.75, 3.05) is 5.73 Å². The van der Waals surface area contributed by atoms with Gasteiger partial charge in [-0.15, -0.1) is 5.10 Å². The third kappa shape index (κ3) is 2.65. The molecule has 0 bridgehead atoms. The van der Waals surface area contributed by atoms with Crippen LogP contribution in [0.5, 0.6) is 0 Å². The fourth-order valence-electron chi connectivity index (χ4n) is 2.52. The van der Waals surface area contributed by atoms with Crippen molar-refractivity contribution in [2.24, 2.45) is 0 Å². The van der Waals surface area contributed by atoms with Crippen LogP contribution in [0.2, 0.25) is 0 Å². The molecular weight excluding hydrogens is 340 g/mol. The highest BCUT2D eigenvalue weighted by molar-refractivity contribution is 5.76. The van der Waals surface area contributed by atoms with E-state index in [9.17, 15) is 8.78 Å². The lowest BCUT2D eigenvalue weighted by Crippen LogP contribution is -2.06. The van der Waals surface area contributed by atoms with E-state index >= 15 is 0 Å². The molecule has 9 heteroatoms. The van der Waals surface area contributed by atoms with Gasteiger partial charge in [0.2, 0.25) is 0 Å². The van der Waals surface area contributed by atoms with Crippen LogP contribution in [0.3, 0.4) is 0 Å². The zero-order valence-corrected chi connectivity index (χ0v) is 13.2. The number of tetrazole rings is 1. The molecule has 0 saturated heterocycles. The summed E-state index contributed by atoms with van der Waals surface area (Å²) in [5.41, 5.74) is 7.78. The highest BCUT2D eigenvalue weighted by atomic mass is 19.2. The number of nitrogen functional groups attached to an aromatic ring is 1. The number of rotatable bonds is 3. The van der Waals surface area contributed by atoms with Crippen molar-refractivity contribution in [3.8, 4) is 28.2 Å². The highest BCUT2D eigenvalue weighted by Crippen LogP contribution is 2.29. The Kier molecular flexibility index (Phi) is 3.81. The fourth-order valence-corrected chi connectivity index (χ4v) is 2.52. The second kappa shape index (κ2) is 6.28. The summed E-state index contributed by atoms with van der Waals surface area (Å²) in [4.78, 5) is 8.23. The van der Waals surface area contributed by atoms with Crippen LogP contribution in [-0.2, 0) is 0 Å². The maximum absolute atomic E-state index is 14.2. The molecule has 0 saturated carbocycles. The summed E-state index contributed by atoms with van der Waals surface area (Å²) in [5.74, 6) is -1.76. The number of hydrogen-bond acceptors (Lipinski definition) is 6. The molecule has 0 aliphatic carbocycles. The van der Waals surface area contributed by atoms with Crippen molar-refractivity contribution < 1.29 is 8.78 Å². The zero-order chi connectivity index (χ0) is 18.1. The Morgan fingerprint density at radius 2 is 1.88 bits per heavy atom. The molecule has 0 spiro atoms. The molecule has 0 aliphatic rings. The molecule has 4 rings (SSSR count). The Morgan fingerprint density at radius 3 is 2.69 bits per heavy atom. The van der Waals surface area contributed by atoms with Gasteiger partial charge in [-0.1, -0.05) is 12.1 Å². The van der Waals surface area contributed by atoms with Gasteiger partial charge in [-0.25, -0.2) is 13.8 Å². The van der Waals surface area contributed by atoms with Crippen LogP contribution in [-0.4, -0.2) is 30.2 Å². The van der Waals surface area contributed by atoms with E-state index in [0.717, 1.165) is 21.9 Å². The minimum atomic E-state index is -1.06. The molecule has 128 valence electrons. The van der Waals surface area contributed by atoms with Crippen molar-refractivity contribution >= 4 is 5.82 Å². The average molecular weight is 351 g/mol. The van der Waals surface area contributed by atoms with Crippen LogP contribution in [0.15, 0.2) is 55.0 Å². The molecule has 4 aromatic rings. The predicted octanol–water partition coefficient (Wildman–Crippen LogP) is 2.65. The van der Waals surface area contributed by atoms with Crippen molar-refractivity contribution in [1.82, 2.24) is 30.2 Å². The van der Waals surface area contributed by atoms with E-state index in [4.69, 9.17) is 5.73 Å². The van der Waals surface area contributed by atoms with E-state index in [1.165, 1.54) is 12.1 Å². The topological polar surface area (TPSA) is 95.4 Å². The second-order valence-electron chi connectivity index (χ2n) is 5.39. The molecule has 3 aromatic heterocycles. The van der Waals surface area contributed by atoms with Crippen molar-refractivity contribution in [2.45, 2.75) is 0 Å². The minimum Gasteiger partial charge on any atom is -0.383 e. The van der Waals surface area contributed by atoms with E-state index in [-0.39, 0.29) is 17.3 Å². The summed E-state index contributed by atoms with van der Waals surface area (Å²) < 4.78 is 28.8. The first-order valence-corrected chi connectivity index (χ1v) is 7.54. The van der Waals surface area contributed by atoms with E-state index in [2.05, 4.69) is 25.5 Å². The van der Waals surface area contributed by atoms with Gasteiger partial charge in [-0.05, 0) is 34.7 Å². The maximum atomic E-state index is 14.2. The standard InChI is InChI=1S/C17H11F2N7/c18-13-4-1-5-14(15(13)19)26-17(23-24-25-26)12-7-11(9-22-16(12)20)10-3-2-6-21-8-10/h1-9H,(H2,20,22). The van der Waals surface area contributed by atoms with Crippen LogP contribution in [0, 0.1) is 11.6 Å². The number of pyridine rings is 2. The summed E-state index contributed by atoms with van der Waals surface area (Å²) in [7, 11) is 0. The summed E-state index contributed by atoms with van der Waals surface area (Å²) in [6.07, 6.45) is 4.92. The van der Waals surface area contributed by atoms with Crippen LogP contribution >= 0.6 is 0 Å². The number of anilines is 1. The van der Waals surface area contributed by atoms with Gasteiger partial charge in [0, 0.05) is 29.7 Å². The van der Waals surface area contributed by atoms with Gasteiger partial charge in [0.1, 0.15) is 11.5 Å². The van der Waals surface area contributed by atoms with E-state index in [1.807, 2.05) is 6.07 Å².